The highest BCUT2D eigenvalue weighted by Gasteiger charge is 2.05. The summed E-state index contributed by atoms with van der Waals surface area (Å²) in [5.41, 5.74) is 3.15. The van der Waals surface area contributed by atoms with Crippen LogP contribution in [0.2, 0.25) is 0 Å². The van der Waals surface area contributed by atoms with Gasteiger partial charge in [0.1, 0.15) is 5.82 Å². The third-order valence-corrected chi connectivity index (χ3v) is 3.42. The van der Waals surface area contributed by atoms with Gasteiger partial charge in [-0.15, -0.1) is 11.3 Å². The minimum absolute atomic E-state index is 0.793. The minimum Gasteiger partial charge on any atom is -0.341 e. The number of hydrogen-bond donors (Lipinski definition) is 2. The van der Waals surface area contributed by atoms with Crippen LogP contribution in [0.1, 0.15) is 5.69 Å². The van der Waals surface area contributed by atoms with Crippen molar-refractivity contribution >= 4 is 21.6 Å². The number of hydrogen-bond acceptors (Lipinski definition) is 4. The second kappa shape index (κ2) is 4.27. The smallest absolute Gasteiger partial charge is 0.139 e. The topological polar surface area (TPSA) is 53.6 Å². The summed E-state index contributed by atoms with van der Waals surface area (Å²) >= 11 is 1.70. The van der Waals surface area contributed by atoms with E-state index in [9.17, 15) is 0 Å². The molecule has 3 aromatic heterocycles. The van der Waals surface area contributed by atoms with Crippen molar-refractivity contribution < 1.29 is 0 Å². The first-order valence-electron chi connectivity index (χ1n) is 5.39. The zero-order valence-electron chi connectivity index (χ0n) is 9.40. The molecule has 0 radical (unpaired) electrons. The molecule has 3 rings (SSSR count). The average Bonchev–Trinajstić information content (AvgIpc) is 2.96. The molecule has 0 atom stereocenters. The van der Waals surface area contributed by atoms with Crippen LogP contribution < -0.4 is 5.32 Å². The van der Waals surface area contributed by atoms with Gasteiger partial charge in [0.15, 0.2) is 0 Å². The third-order valence-electron chi connectivity index (χ3n) is 2.57. The maximum absolute atomic E-state index is 4.41. The number of aromatic nitrogens is 3. The van der Waals surface area contributed by atoms with Gasteiger partial charge in [0.25, 0.3) is 0 Å². The molecule has 0 aliphatic rings. The average molecular weight is 244 g/mol. The highest BCUT2D eigenvalue weighted by molar-refractivity contribution is 7.17. The van der Waals surface area contributed by atoms with Crippen LogP contribution in [0.5, 0.6) is 0 Å². The first-order valence-corrected chi connectivity index (χ1v) is 6.27. The first kappa shape index (κ1) is 10.4. The molecule has 0 saturated carbocycles. The molecule has 86 valence electrons. The number of H-pyrrole nitrogens is 1. The fourth-order valence-electron chi connectivity index (χ4n) is 1.76. The molecule has 3 aromatic rings. The predicted octanol–water partition coefficient (Wildman–Crippen LogP) is 2.41. The van der Waals surface area contributed by atoms with E-state index in [2.05, 4.69) is 31.7 Å². The van der Waals surface area contributed by atoms with Crippen molar-refractivity contribution in [2.24, 2.45) is 0 Å². The van der Waals surface area contributed by atoms with Crippen molar-refractivity contribution in [2.45, 2.75) is 6.54 Å². The summed E-state index contributed by atoms with van der Waals surface area (Å²) in [6.07, 6.45) is 3.71. The molecule has 0 fully saturated rings. The summed E-state index contributed by atoms with van der Waals surface area (Å²) in [6.45, 7) is 0.793. The van der Waals surface area contributed by atoms with Crippen molar-refractivity contribution in [2.75, 3.05) is 7.05 Å². The number of aromatic amines is 1. The molecular weight excluding hydrogens is 232 g/mol. The van der Waals surface area contributed by atoms with Crippen molar-refractivity contribution in [1.29, 1.82) is 0 Å². The fourth-order valence-corrected chi connectivity index (χ4v) is 2.54. The standard InChI is InChI=1S/C12H12N4S/c1-13-6-9-7-15-12(16-9)8-4-11-10(14-5-8)2-3-17-11/h2-5,7,13H,6H2,1H3,(H,15,16). The second-order valence-electron chi connectivity index (χ2n) is 3.82. The Labute approximate surface area is 103 Å². The van der Waals surface area contributed by atoms with E-state index in [1.165, 1.54) is 4.70 Å². The van der Waals surface area contributed by atoms with E-state index in [0.717, 1.165) is 29.1 Å². The van der Waals surface area contributed by atoms with E-state index in [-0.39, 0.29) is 0 Å². The molecule has 0 bridgehead atoms. The lowest BCUT2D eigenvalue weighted by Gasteiger charge is -1.97. The van der Waals surface area contributed by atoms with Crippen LogP contribution in [0.15, 0.2) is 29.9 Å². The molecule has 0 saturated heterocycles. The first-order chi connectivity index (χ1) is 8.36. The summed E-state index contributed by atoms with van der Waals surface area (Å²) in [5.74, 6) is 0.873. The number of rotatable bonds is 3. The van der Waals surface area contributed by atoms with Gasteiger partial charge in [0.05, 0.1) is 10.2 Å². The second-order valence-corrected chi connectivity index (χ2v) is 4.76. The SMILES string of the molecule is CNCc1cnc(-c2cnc3ccsc3c2)[nH]1. The Kier molecular flexibility index (Phi) is 2.62. The summed E-state index contributed by atoms with van der Waals surface area (Å²) in [7, 11) is 1.92. The van der Waals surface area contributed by atoms with Gasteiger partial charge in [-0.05, 0) is 24.6 Å². The molecule has 0 aliphatic carbocycles. The summed E-state index contributed by atoms with van der Waals surface area (Å²) in [4.78, 5) is 12.1. The number of fused-ring (bicyclic) bond motifs is 1. The predicted molar refractivity (Wildman–Crippen MR) is 70.0 cm³/mol. The summed E-state index contributed by atoms with van der Waals surface area (Å²) in [6, 6.07) is 4.15. The molecule has 0 amide bonds. The van der Waals surface area contributed by atoms with Gasteiger partial charge in [-0.3, -0.25) is 4.98 Å². The number of nitrogens with one attached hydrogen (secondary N) is 2. The van der Waals surface area contributed by atoms with Gasteiger partial charge >= 0.3 is 0 Å². The van der Waals surface area contributed by atoms with Crippen molar-refractivity contribution in [1.82, 2.24) is 20.3 Å². The highest BCUT2D eigenvalue weighted by Crippen LogP contribution is 2.24. The Morgan fingerprint density at radius 1 is 1.35 bits per heavy atom. The molecular formula is C12H12N4S. The molecule has 0 unspecified atom stereocenters. The van der Waals surface area contributed by atoms with E-state index in [1.54, 1.807) is 11.3 Å². The third kappa shape index (κ3) is 1.94. The van der Waals surface area contributed by atoms with Gasteiger partial charge in [0.2, 0.25) is 0 Å². The van der Waals surface area contributed by atoms with Crippen molar-refractivity contribution in [3.8, 4) is 11.4 Å². The van der Waals surface area contributed by atoms with Gasteiger partial charge in [0, 0.05) is 30.2 Å². The molecule has 0 spiro atoms. The van der Waals surface area contributed by atoms with Crippen LogP contribution in [0.3, 0.4) is 0 Å². The zero-order chi connectivity index (χ0) is 11.7. The Bertz CT molecular complexity index is 641. The maximum Gasteiger partial charge on any atom is 0.139 e. The molecule has 0 aliphatic heterocycles. The van der Waals surface area contributed by atoms with Crippen LogP contribution in [-0.2, 0) is 6.54 Å². The number of pyridine rings is 1. The summed E-state index contributed by atoms with van der Waals surface area (Å²) in [5, 5.41) is 5.14. The lowest BCUT2D eigenvalue weighted by molar-refractivity contribution is 0.797. The van der Waals surface area contributed by atoms with E-state index in [4.69, 9.17) is 0 Å². The molecule has 0 aromatic carbocycles. The van der Waals surface area contributed by atoms with E-state index in [1.807, 2.05) is 25.5 Å². The monoisotopic (exact) mass is 244 g/mol. The molecule has 5 heteroatoms. The minimum atomic E-state index is 0.793. The maximum atomic E-state index is 4.41. The number of imidazole rings is 1. The quantitative estimate of drug-likeness (QED) is 0.744. The summed E-state index contributed by atoms with van der Waals surface area (Å²) < 4.78 is 1.19. The van der Waals surface area contributed by atoms with Crippen molar-refractivity contribution in [3.63, 3.8) is 0 Å². The largest absolute Gasteiger partial charge is 0.341 e. The van der Waals surface area contributed by atoms with Gasteiger partial charge < -0.3 is 10.3 Å². The molecule has 17 heavy (non-hydrogen) atoms. The van der Waals surface area contributed by atoms with E-state index in [0.29, 0.717) is 0 Å². The number of nitrogens with zero attached hydrogens (tertiary/aromatic N) is 2. The van der Waals surface area contributed by atoms with Crippen LogP contribution >= 0.6 is 11.3 Å². The van der Waals surface area contributed by atoms with Crippen LogP contribution in [0.25, 0.3) is 21.6 Å². The van der Waals surface area contributed by atoms with Crippen LogP contribution in [0.4, 0.5) is 0 Å². The Balaban J connectivity index is 2.00. The fraction of sp³-hybridized carbons (Fsp3) is 0.167. The van der Waals surface area contributed by atoms with Crippen LogP contribution in [0, 0.1) is 0 Å². The normalized spacial score (nSPS) is 11.1. The van der Waals surface area contributed by atoms with Gasteiger partial charge in [-0.25, -0.2) is 4.98 Å². The van der Waals surface area contributed by atoms with Gasteiger partial charge in [-0.2, -0.15) is 0 Å². The molecule has 3 heterocycles. The number of thiophene rings is 1. The Morgan fingerprint density at radius 2 is 2.29 bits per heavy atom. The van der Waals surface area contributed by atoms with Gasteiger partial charge in [-0.1, -0.05) is 0 Å². The Hall–Kier alpha value is -1.72. The lowest BCUT2D eigenvalue weighted by Crippen LogP contribution is -2.04. The van der Waals surface area contributed by atoms with Crippen molar-refractivity contribution in [3.05, 3.63) is 35.6 Å². The Morgan fingerprint density at radius 3 is 3.18 bits per heavy atom. The molecule has 2 N–H and O–H groups in total. The lowest BCUT2D eigenvalue weighted by atomic mass is 10.2. The van der Waals surface area contributed by atoms with E-state index >= 15 is 0 Å². The highest BCUT2D eigenvalue weighted by atomic mass is 32.1. The molecule has 4 nitrogen and oxygen atoms in total. The zero-order valence-corrected chi connectivity index (χ0v) is 10.2. The van der Waals surface area contributed by atoms with Crippen LogP contribution in [-0.4, -0.2) is 22.0 Å². The van der Waals surface area contributed by atoms with E-state index < -0.39 is 0 Å².